The highest BCUT2D eigenvalue weighted by atomic mass is 16.2. The van der Waals surface area contributed by atoms with Crippen LogP contribution in [0.5, 0.6) is 0 Å². The molecule has 1 aromatic rings. The average Bonchev–Trinajstić information content (AvgIpc) is 3.08. The van der Waals surface area contributed by atoms with E-state index in [9.17, 15) is 14.4 Å². The van der Waals surface area contributed by atoms with Gasteiger partial charge in [-0.2, -0.15) is 0 Å². The molecule has 2 aliphatic rings. The third-order valence-electron chi connectivity index (χ3n) is 5.23. The lowest BCUT2D eigenvalue weighted by Crippen LogP contribution is -2.58. The Kier molecular flexibility index (Phi) is 6.11. The third kappa shape index (κ3) is 4.66. The van der Waals surface area contributed by atoms with Crippen LogP contribution < -0.4 is 15.5 Å². The van der Waals surface area contributed by atoms with Crippen molar-refractivity contribution in [3.05, 3.63) is 29.8 Å². The lowest BCUT2D eigenvalue weighted by molar-refractivity contribution is -0.134. The summed E-state index contributed by atoms with van der Waals surface area (Å²) in [6, 6.07) is 7.49. The number of hydrogen-bond donors (Lipinski definition) is 2. The second kappa shape index (κ2) is 8.52. The molecule has 1 unspecified atom stereocenters. The minimum absolute atomic E-state index is 0.0790. The fourth-order valence-electron chi connectivity index (χ4n) is 3.72. The molecular weight excluding hydrogens is 344 g/mol. The molecule has 7 heteroatoms. The summed E-state index contributed by atoms with van der Waals surface area (Å²) < 4.78 is 0. The van der Waals surface area contributed by atoms with Crippen molar-refractivity contribution in [2.24, 2.45) is 0 Å². The molecule has 2 heterocycles. The summed E-state index contributed by atoms with van der Waals surface area (Å²) in [6.45, 7) is 6.64. The SMILES string of the molecule is CC(C)N1CCNC(=O)C1CC(=O)NCc1ccc(N2CCCC2=O)cc1. The highest BCUT2D eigenvalue weighted by Crippen LogP contribution is 2.21. The Morgan fingerprint density at radius 3 is 2.59 bits per heavy atom. The van der Waals surface area contributed by atoms with Crippen LogP contribution in [0, 0.1) is 0 Å². The van der Waals surface area contributed by atoms with Crippen LogP contribution in [-0.2, 0) is 20.9 Å². The molecule has 0 aromatic heterocycles. The number of piperazine rings is 1. The Labute approximate surface area is 160 Å². The van der Waals surface area contributed by atoms with E-state index in [2.05, 4.69) is 15.5 Å². The summed E-state index contributed by atoms with van der Waals surface area (Å²) in [5, 5.41) is 5.74. The number of hydrogen-bond acceptors (Lipinski definition) is 4. The first kappa shape index (κ1) is 19.4. The van der Waals surface area contributed by atoms with Crippen LogP contribution in [0.15, 0.2) is 24.3 Å². The van der Waals surface area contributed by atoms with Crippen LogP contribution in [-0.4, -0.2) is 54.3 Å². The molecule has 2 aliphatic heterocycles. The molecule has 3 amide bonds. The molecule has 0 aliphatic carbocycles. The monoisotopic (exact) mass is 372 g/mol. The second-order valence-corrected chi connectivity index (χ2v) is 7.43. The van der Waals surface area contributed by atoms with Gasteiger partial charge in [-0.1, -0.05) is 12.1 Å². The van der Waals surface area contributed by atoms with Gasteiger partial charge in [0.15, 0.2) is 0 Å². The van der Waals surface area contributed by atoms with Gasteiger partial charge in [0.05, 0.1) is 12.5 Å². The Balaban J connectivity index is 1.52. The second-order valence-electron chi connectivity index (χ2n) is 7.43. The van der Waals surface area contributed by atoms with Gasteiger partial charge in [0.25, 0.3) is 0 Å². The van der Waals surface area contributed by atoms with Crippen LogP contribution in [0.2, 0.25) is 0 Å². The van der Waals surface area contributed by atoms with Crippen LogP contribution >= 0.6 is 0 Å². The standard InChI is InChI=1S/C20H28N4O3/c1-14(2)23-11-9-21-20(27)17(23)12-18(25)22-13-15-5-7-16(8-6-15)24-10-3-4-19(24)26/h5-8,14,17H,3-4,9-13H2,1-2H3,(H,21,27)(H,22,25). The van der Waals surface area contributed by atoms with E-state index >= 15 is 0 Å². The van der Waals surface area contributed by atoms with E-state index in [0.29, 0.717) is 19.5 Å². The van der Waals surface area contributed by atoms with Crippen LogP contribution in [0.25, 0.3) is 0 Å². The van der Waals surface area contributed by atoms with Crippen molar-refractivity contribution in [3.63, 3.8) is 0 Å². The summed E-state index contributed by atoms with van der Waals surface area (Å²) in [6.07, 6.45) is 1.67. The number of carbonyl (C=O) groups is 3. The molecule has 0 radical (unpaired) electrons. The number of benzene rings is 1. The first-order valence-electron chi connectivity index (χ1n) is 9.65. The topological polar surface area (TPSA) is 81.8 Å². The molecule has 0 bridgehead atoms. The molecule has 27 heavy (non-hydrogen) atoms. The predicted molar refractivity (Wildman–Crippen MR) is 103 cm³/mol. The van der Waals surface area contributed by atoms with E-state index in [0.717, 1.165) is 30.8 Å². The summed E-state index contributed by atoms with van der Waals surface area (Å²) in [5.74, 6) is -0.0530. The highest BCUT2D eigenvalue weighted by Gasteiger charge is 2.32. The van der Waals surface area contributed by atoms with Crippen molar-refractivity contribution < 1.29 is 14.4 Å². The maximum absolute atomic E-state index is 12.3. The van der Waals surface area contributed by atoms with E-state index in [1.807, 2.05) is 38.1 Å². The molecule has 1 atom stereocenters. The van der Waals surface area contributed by atoms with Crippen molar-refractivity contribution in [3.8, 4) is 0 Å². The summed E-state index contributed by atoms with van der Waals surface area (Å²) in [5.41, 5.74) is 1.87. The minimum atomic E-state index is -0.415. The Morgan fingerprint density at radius 1 is 1.22 bits per heavy atom. The normalized spacial score (nSPS) is 20.9. The number of nitrogens with zero attached hydrogens (tertiary/aromatic N) is 2. The Bertz CT molecular complexity index is 702. The molecule has 7 nitrogen and oxygen atoms in total. The smallest absolute Gasteiger partial charge is 0.237 e. The lowest BCUT2D eigenvalue weighted by Gasteiger charge is -2.37. The van der Waals surface area contributed by atoms with Gasteiger partial charge < -0.3 is 15.5 Å². The van der Waals surface area contributed by atoms with Crippen LogP contribution in [0.3, 0.4) is 0 Å². The number of rotatable bonds is 6. The van der Waals surface area contributed by atoms with Gasteiger partial charge in [0, 0.05) is 44.3 Å². The van der Waals surface area contributed by atoms with Crippen molar-refractivity contribution >= 4 is 23.4 Å². The summed E-state index contributed by atoms with van der Waals surface area (Å²) >= 11 is 0. The number of carbonyl (C=O) groups excluding carboxylic acids is 3. The maximum Gasteiger partial charge on any atom is 0.237 e. The maximum atomic E-state index is 12.3. The molecule has 1 aromatic carbocycles. The van der Waals surface area contributed by atoms with Gasteiger partial charge in [-0.15, -0.1) is 0 Å². The van der Waals surface area contributed by atoms with Gasteiger partial charge >= 0.3 is 0 Å². The molecule has 2 saturated heterocycles. The zero-order chi connectivity index (χ0) is 19.4. The van der Waals surface area contributed by atoms with E-state index in [-0.39, 0.29) is 30.2 Å². The third-order valence-corrected chi connectivity index (χ3v) is 5.23. The number of anilines is 1. The minimum Gasteiger partial charge on any atom is -0.353 e. The fraction of sp³-hybridized carbons (Fsp3) is 0.550. The van der Waals surface area contributed by atoms with Gasteiger partial charge in [-0.05, 0) is 38.0 Å². The van der Waals surface area contributed by atoms with Crippen molar-refractivity contribution in [1.82, 2.24) is 15.5 Å². The highest BCUT2D eigenvalue weighted by molar-refractivity contribution is 5.95. The van der Waals surface area contributed by atoms with E-state index in [1.54, 1.807) is 4.90 Å². The quantitative estimate of drug-likeness (QED) is 0.781. The lowest BCUT2D eigenvalue weighted by atomic mass is 10.1. The van der Waals surface area contributed by atoms with Crippen molar-refractivity contribution in [2.75, 3.05) is 24.5 Å². The van der Waals surface area contributed by atoms with E-state index in [4.69, 9.17) is 0 Å². The van der Waals surface area contributed by atoms with Crippen molar-refractivity contribution in [2.45, 2.75) is 51.7 Å². The Morgan fingerprint density at radius 2 is 1.96 bits per heavy atom. The molecule has 0 saturated carbocycles. The largest absolute Gasteiger partial charge is 0.353 e. The molecule has 2 N–H and O–H groups in total. The molecule has 3 rings (SSSR count). The molecule has 2 fully saturated rings. The summed E-state index contributed by atoms with van der Waals surface area (Å²) in [7, 11) is 0. The number of nitrogens with one attached hydrogen (secondary N) is 2. The van der Waals surface area contributed by atoms with Gasteiger partial charge in [0.1, 0.15) is 0 Å². The summed E-state index contributed by atoms with van der Waals surface area (Å²) in [4.78, 5) is 40.2. The Hall–Kier alpha value is -2.41. The predicted octanol–water partition coefficient (Wildman–Crippen LogP) is 1.03. The van der Waals surface area contributed by atoms with Gasteiger partial charge in [-0.3, -0.25) is 19.3 Å². The first-order chi connectivity index (χ1) is 13.0. The van der Waals surface area contributed by atoms with Crippen LogP contribution in [0.1, 0.15) is 38.7 Å². The molecule has 146 valence electrons. The van der Waals surface area contributed by atoms with Gasteiger partial charge in [-0.25, -0.2) is 0 Å². The van der Waals surface area contributed by atoms with Crippen molar-refractivity contribution in [1.29, 1.82) is 0 Å². The van der Waals surface area contributed by atoms with Gasteiger partial charge in [0.2, 0.25) is 17.7 Å². The first-order valence-corrected chi connectivity index (χ1v) is 9.65. The average molecular weight is 372 g/mol. The zero-order valence-corrected chi connectivity index (χ0v) is 16.0. The van der Waals surface area contributed by atoms with E-state index in [1.165, 1.54) is 0 Å². The molecule has 0 spiro atoms. The molecular formula is C20H28N4O3. The van der Waals surface area contributed by atoms with Crippen LogP contribution in [0.4, 0.5) is 5.69 Å². The fourth-order valence-corrected chi connectivity index (χ4v) is 3.72. The number of amides is 3. The van der Waals surface area contributed by atoms with E-state index < -0.39 is 6.04 Å². The zero-order valence-electron chi connectivity index (χ0n) is 16.0.